The van der Waals surface area contributed by atoms with Crippen LogP contribution in [0.15, 0.2) is 18.2 Å². The zero-order valence-electron chi connectivity index (χ0n) is 10.7. The van der Waals surface area contributed by atoms with Gasteiger partial charge in [-0.25, -0.2) is 0 Å². The predicted octanol–water partition coefficient (Wildman–Crippen LogP) is 4.23. The first kappa shape index (κ1) is 13.9. The number of nitriles is 1. The number of halogens is 1. The zero-order chi connectivity index (χ0) is 12.8. The number of benzene rings is 1. The molecule has 0 aromatic heterocycles. The van der Waals surface area contributed by atoms with E-state index in [1.54, 1.807) is 6.07 Å². The van der Waals surface area contributed by atoms with Crippen LogP contribution in [0.1, 0.15) is 39.2 Å². The average molecular weight is 251 g/mol. The normalized spacial score (nSPS) is 11.9. The number of hydrogen-bond acceptors (Lipinski definition) is 2. The van der Waals surface area contributed by atoms with Gasteiger partial charge in [0.25, 0.3) is 0 Å². The van der Waals surface area contributed by atoms with Crippen LogP contribution in [0.25, 0.3) is 0 Å². The molecular formula is C14H19ClN2. The topological polar surface area (TPSA) is 27.0 Å². The van der Waals surface area contributed by atoms with E-state index >= 15 is 0 Å². The third-order valence-corrected chi connectivity index (χ3v) is 3.30. The minimum Gasteiger partial charge on any atom is -0.369 e. The molecule has 0 aliphatic rings. The summed E-state index contributed by atoms with van der Waals surface area (Å²) in [6.45, 7) is 7.57. The molecule has 1 aromatic rings. The van der Waals surface area contributed by atoms with E-state index in [0.717, 1.165) is 25.1 Å². The molecule has 2 nitrogen and oxygen atoms in total. The summed E-state index contributed by atoms with van der Waals surface area (Å²) >= 11 is 6.07. The van der Waals surface area contributed by atoms with Gasteiger partial charge >= 0.3 is 0 Å². The molecule has 0 saturated heterocycles. The van der Waals surface area contributed by atoms with Crippen LogP contribution in [-0.4, -0.2) is 12.6 Å². The Morgan fingerprint density at radius 2 is 2.12 bits per heavy atom. The Morgan fingerprint density at radius 1 is 1.41 bits per heavy atom. The molecule has 0 saturated carbocycles. The van der Waals surface area contributed by atoms with Crippen LogP contribution < -0.4 is 4.90 Å². The van der Waals surface area contributed by atoms with Crippen LogP contribution in [0.4, 0.5) is 5.69 Å². The van der Waals surface area contributed by atoms with Crippen molar-refractivity contribution in [2.24, 2.45) is 0 Å². The predicted molar refractivity (Wildman–Crippen MR) is 73.6 cm³/mol. The summed E-state index contributed by atoms with van der Waals surface area (Å²) in [5, 5.41) is 9.40. The summed E-state index contributed by atoms with van der Waals surface area (Å²) in [7, 11) is 0. The third-order valence-electron chi connectivity index (χ3n) is 2.99. The summed E-state index contributed by atoms with van der Waals surface area (Å²) < 4.78 is 0. The van der Waals surface area contributed by atoms with E-state index in [-0.39, 0.29) is 0 Å². The Morgan fingerprint density at radius 3 is 2.59 bits per heavy atom. The van der Waals surface area contributed by atoms with Gasteiger partial charge in [0, 0.05) is 18.3 Å². The molecule has 17 heavy (non-hydrogen) atoms. The maximum atomic E-state index is 8.86. The Kier molecular flexibility index (Phi) is 5.31. The largest absolute Gasteiger partial charge is 0.369 e. The summed E-state index contributed by atoms with van der Waals surface area (Å²) in [6.07, 6.45) is 2.19. The maximum absolute atomic E-state index is 8.86. The van der Waals surface area contributed by atoms with Crippen molar-refractivity contribution in [3.8, 4) is 6.07 Å². The first-order valence-corrected chi connectivity index (χ1v) is 6.48. The fourth-order valence-electron chi connectivity index (χ4n) is 1.84. The molecule has 3 heteroatoms. The highest BCUT2D eigenvalue weighted by Crippen LogP contribution is 2.25. The Labute approximate surface area is 109 Å². The molecular weight excluding hydrogens is 232 g/mol. The Hall–Kier alpha value is -1.20. The molecule has 0 bridgehead atoms. The minimum absolute atomic E-state index is 0.485. The lowest BCUT2D eigenvalue weighted by Crippen LogP contribution is -2.33. The lowest BCUT2D eigenvalue weighted by molar-refractivity contribution is 0.610. The fraction of sp³-hybridized carbons (Fsp3) is 0.500. The standard InChI is InChI=1S/C14H19ClN2/c1-4-8-17(11(3)5-2)13-7-6-12(10-16)14(15)9-13/h6-7,9,11H,4-5,8H2,1-3H3/t11-/m1/s1. The van der Waals surface area contributed by atoms with E-state index in [0.29, 0.717) is 16.6 Å². The average Bonchev–Trinajstić information content (AvgIpc) is 2.35. The Bertz CT molecular complexity index is 409. The highest BCUT2D eigenvalue weighted by molar-refractivity contribution is 6.32. The molecule has 0 unspecified atom stereocenters. The molecule has 1 atom stereocenters. The summed E-state index contributed by atoms with van der Waals surface area (Å²) in [5.74, 6) is 0. The SMILES string of the molecule is CCCN(c1ccc(C#N)c(Cl)c1)[C@H](C)CC. The highest BCUT2D eigenvalue weighted by Gasteiger charge is 2.13. The number of nitrogens with zero attached hydrogens (tertiary/aromatic N) is 2. The molecule has 92 valence electrons. The van der Waals surface area contributed by atoms with Crippen molar-refractivity contribution >= 4 is 17.3 Å². The van der Waals surface area contributed by atoms with Crippen molar-refractivity contribution in [1.82, 2.24) is 0 Å². The second kappa shape index (κ2) is 6.51. The van der Waals surface area contributed by atoms with E-state index in [4.69, 9.17) is 16.9 Å². The lowest BCUT2D eigenvalue weighted by Gasteiger charge is -2.30. The van der Waals surface area contributed by atoms with Gasteiger partial charge in [0.1, 0.15) is 6.07 Å². The van der Waals surface area contributed by atoms with Crippen molar-refractivity contribution in [3.63, 3.8) is 0 Å². The maximum Gasteiger partial charge on any atom is 0.101 e. The van der Waals surface area contributed by atoms with Gasteiger partial charge in [-0.05, 0) is 38.0 Å². The molecule has 0 aliphatic carbocycles. The highest BCUT2D eigenvalue weighted by atomic mass is 35.5. The van der Waals surface area contributed by atoms with Gasteiger partial charge in [0.05, 0.1) is 10.6 Å². The van der Waals surface area contributed by atoms with E-state index in [1.165, 1.54) is 0 Å². The number of anilines is 1. The molecule has 0 aliphatic heterocycles. The van der Waals surface area contributed by atoms with Crippen molar-refractivity contribution in [2.75, 3.05) is 11.4 Å². The summed E-state index contributed by atoms with van der Waals surface area (Å²) in [4.78, 5) is 2.34. The van der Waals surface area contributed by atoms with E-state index in [2.05, 4.69) is 31.7 Å². The summed E-state index contributed by atoms with van der Waals surface area (Å²) in [5.41, 5.74) is 1.64. The second-order valence-corrected chi connectivity index (χ2v) is 4.63. The first-order valence-electron chi connectivity index (χ1n) is 6.10. The smallest absolute Gasteiger partial charge is 0.101 e. The van der Waals surface area contributed by atoms with Crippen molar-refractivity contribution < 1.29 is 0 Å². The van der Waals surface area contributed by atoms with Crippen LogP contribution in [0, 0.1) is 11.3 Å². The second-order valence-electron chi connectivity index (χ2n) is 4.23. The van der Waals surface area contributed by atoms with Gasteiger partial charge in [-0.2, -0.15) is 5.26 Å². The lowest BCUT2D eigenvalue weighted by atomic mass is 10.1. The van der Waals surface area contributed by atoms with Gasteiger partial charge < -0.3 is 4.90 Å². The van der Waals surface area contributed by atoms with Crippen LogP contribution in [-0.2, 0) is 0 Å². The number of hydrogen-bond donors (Lipinski definition) is 0. The quantitative estimate of drug-likeness (QED) is 0.782. The Balaban J connectivity index is 3.03. The zero-order valence-corrected chi connectivity index (χ0v) is 11.5. The van der Waals surface area contributed by atoms with Gasteiger partial charge in [-0.3, -0.25) is 0 Å². The van der Waals surface area contributed by atoms with E-state index in [1.807, 2.05) is 12.1 Å². The van der Waals surface area contributed by atoms with E-state index < -0.39 is 0 Å². The van der Waals surface area contributed by atoms with Gasteiger partial charge in [0.2, 0.25) is 0 Å². The fourth-order valence-corrected chi connectivity index (χ4v) is 2.06. The molecule has 0 spiro atoms. The molecule has 1 aromatic carbocycles. The third kappa shape index (κ3) is 3.38. The first-order chi connectivity index (χ1) is 8.13. The molecule has 0 radical (unpaired) electrons. The van der Waals surface area contributed by atoms with Crippen LogP contribution in [0.2, 0.25) is 5.02 Å². The van der Waals surface area contributed by atoms with Crippen LogP contribution in [0.3, 0.4) is 0 Å². The van der Waals surface area contributed by atoms with Crippen LogP contribution in [0.5, 0.6) is 0 Å². The molecule has 0 amide bonds. The van der Waals surface area contributed by atoms with Gasteiger partial charge in [-0.15, -0.1) is 0 Å². The molecule has 0 fully saturated rings. The molecule has 0 heterocycles. The minimum atomic E-state index is 0.485. The van der Waals surface area contributed by atoms with Crippen molar-refractivity contribution in [1.29, 1.82) is 5.26 Å². The van der Waals surface area contributed by atoms with Crippen LogP contribution >= 0.6 is 11.6 Å². The molecule has 0 N–H and O–H groups in total. The van der Waals surface area contributed by atoms with Gasteiger partial charge in [-0.1, -0.05) is 25.4 Å². The van der Waals surface area contributed by atoms with E-state index in [9.17, 15) is 0 Å². The number of rotatable bonds is 5. The van der Waals surface area contributed by atoms with Gasteiger partial charge in [0.15, 0.2) is 0 Å². The van der Waals surface area contributed by atoms with Crippen molar-refractivity contribution in [3.05, 3.63) is 28.8 Å². The molecule has 1 rings (SSSR count). The van der Waals surface area contributed by atoms with Crippen molar-refractivity contribution in [2.45, 2.75) is 39.7 Å². The summed E-state index contributed by atoms with van der Waals surface area (Å²) in [6, 6.07) is 8.23. The monoisotopic (exact) mass is 250 g/mol.